The summed E-state index contributed by atoms with van der Waals surface area (Å²) in [6.07, 6.45) is 10.7. The molecule has 3 aromatic carbocycles. The lowest BCUT2D eigenvalue weighted by atomic mass is 9.81. The van der Waals surface area contributed by atoms with E-state index in [0.717, 1.165) is 22.7 Å². The first-order valence-corrected chi connectivity index (χ1v) is 45.4. The average molecular weight is 1650 g/mol. The van der Waals surface area contributed by atoms with Crippen LogP contribution in [0.2, 0.25) is 0 Å². The lowest BCUT2D eigenvalue weighted by molar-refractivity contribution is -0.438. The van der Waals surface area contributed by atoms with E-state index >= 15 is 0 Å². The SMILES string of the molecule is CCN1\C(=C/C=C/C=C/C2=[N+](CCCCCC(=O)NC(CSSCCC(=O)NC/C=C\c3cn([C@H]4CC(O)[C@@H](COP(=O)(O)OP(=O)(O)OP(=O)(O)O)O4)c4cccc(N)c34)C(=O)NCCCCC(O)(P(=O)(O)O)P(=O)(O)OC)c3ccc(S(=O)(=O)O)cc3C2(C)C)C(C)(C)c2cc(S(=O)(=O)O)ccc21. The van der Waals surface area contributed by atoms with Gasteiger partial charge in [-0.2, -0.15) is 30.0 Å². The first-order valence-electron chi connectivity index (χ1n) is 32.3. The second-order valence-corrected chi connectivity index (χ2v) is 39.7. The second-order valence-electron chi connectivity index (χ2n) is 25.5. The van der Waals surface area contributed by atoms with Crippen LogP contribution in [0.5, 0.6) is 0 Å². The summed E-state index contributed by atoms with van der Waals surface area (Å²) in [4.78, 5) is 109. The fraction of sp³-hybridized carbons (Fsp3) is 0.475. The molecule has 3 amide bonds. The van der Waals surface area contributed by atoms with E-state index in [-0.39, 0.29) is 72.4 Å². The van der Waals surface area contributed by atoms with E-state index in [4.69, 9.17) is 20.3 Å². The molecule has 1 aromatic heterocycles. The van der Waals surface area contributed by atoms with Crippen molar-refractivity contribution < 1.29 is 135 Å². The number of unbranched alkanes of at least 4 members (excludes halogenated alkanes) is 3. The van der Waals surface area contributed by atoms with Gasteiger partial charge in [-0.3, -0.25) is 37.1 Å². The number of aromatic nitrogens is 1. The Hall–Kier alpha value is -5.05. The van der Waals surface area contributed by atoms with Crippen molar-refractivity contribution in [1.82, 2.24) is 20.5 Å². The zero-order valence-corrected chi connectivity index (χ0v) is 65.3. The van der Waals surface area contributed by atoms with Gasteiger partial charge in [0.05, 0.1) is 33.4 Å². The number of phosphoric ester groups is 1. The van der Waals surface area contributed by atoms with Gasteiger partial charge in [-0.15, -0.1) is 0 Å². The normalized spacial score (nSPS) is 20.7. The smallest absolute Gasteiger partial charge is 0.398 e. The third kappa shape index (κ3) is 22.4. The summed E-state index contributed by atoms with van der Waals surface area (Å²) in [5.74, 6) is -1.28. The minimum Gasteiger partial charge on any atom is -0.398 e. The summed E-state index contributed by atoms with van der Waals surface area (Å²) in [5.41, 5.74) is 10.9. The van der Waals surface area contributed by atoms with Crippen LogP contribution in [0.1, 0.15) is 115 Å². The van der Waals surface area contributed by atoms with Crippen LogP contribution in [0.3, 0.4) is 0 Å². The molecular weight excluding hydrogens is 1560 g/mol. The van der Waals surface area contributed by atoms with E-state index in [1.165, 1.54) is 45.9 Å². The topological polar surface area (TPSA) is 547 Å². The van der Waals surface area contributed by atoms with Crippen molar-refractivity contribution in [3.8, 4) is 0 Å². The van der Waals surface area contributed by atoms with E-state index < -0.39 is 124 Å². The number of carbonyl (C=O) groups is 3. The number of fused-ring (bicyclic) bond motifs is 3. The predicted octanol–water partition coefficient (Wildman–Crippen LogP) is 7.49. The van der Waals surface area contributed by atoms with Crippen molar-refractivity contribution in [2.75, 3.05) is 62.0 Å². The van der Waals surface area contributed by atoms with E-state index in [1.54, 1.807) is 53.2 Å². The molecule has 1 saturated heterocycles. The van der Waals surface area contributed by atoms with Crippen LogP contribution in [0.25, 0.3) is 17.0 Å². The van der Waals surface area contributed by atoms with Crippen molar-refractivity contribution in [2.24, 2.45) is 0 Å². The van der Waals surface area contributed by atoms with Gasteiger partial charge in [-0.25, -0.2) is 13.7 Å². The number of allylic oxidation sites excluding steroid dienone is 6. The fourth-order valence-corrected chi connectivity index (χ4v) is 21.1. The fourth-order valence-electron chi connectivity index (χ4n) is 12.2. The molecule has 8 atom stereocenters. The summed E-state index contributed by atoms with van der Waals surface area (Å²) in [7, 11) is -33.8. The number of nitrogens with two attached hydrogens (primary N) is 1. The number of aliphatic hydroxyl groups is 2. The largest absolute Gasteiger partial charge is 0.490 e. The number of aliphatic hydroxyl groups excluding tert-OH is 1. The van der Waals surface area contributed by atoms with Gasteiger partial charge in [-0.05, 0) is 107 Å². The number of nitrogen functional groups attached to an aromatic ring is 1. The Morgan fingerprint density at radius 2 is 1.49 bits per heavy atom. The highest BCUT2D eigenvalue weighted by molar-refractivity contribution is 8.76. The molecule has 0 aliphatic carbocycles. The van der Waals surface area contributed by atoms with Crippen LogP contribution in [-0.2, 0) is 90.7 Å². The van der Waals surface area contributed by atoms with Crippen LogP contribution >= 0.6 is 60.2 Å². The molecule has 0 radical (unpaired) electrons. The van der Waals surface area contributed by atoms with Crippen molar-refractivity contribution in [3.63, 3.8) is 0 Å². The summed E-state index contributed by atoms with van der Waals surface area (Å²) in [6, 6.07) is 12.7. The summed E-state index contributed by atoms with van der Waals surface area (Å²) in [5, 5.41) is 26.7. The third-order valence-electron chi connectivity index (χ3n) is 17.4. The molecule has 6 unspecified atom stereocenters. The molecule has 0 spiro atoms. The predicted molar refractivity (Wildman–Crippen MR) is 391 cm³/mol. The minimum atomic E-state index is -5.80. The number of hydrogen-bond acceptors (Lipinski definition) is 23. The van der Waals surface area contributed by atoms with Crippen LogP contribution in [-0.4, -0.2) is 178 Å². The molecule has 582 valence electrons. The number of carbonyl (C=O) groups excluding carboxylic acids is 3. The quantitative estimate of drug-likeness (QED) is 0.00391. The van der Waals surface area contributed by atoms with Crippen LogP contribution in [0.15, 0.2) is 113 Å². The zero-order chi connectivity index (χ0) is 78.1. The van der Waals surface area contributed by atoms with Gasteiger partial charge in [0, 0.05) is 121 Å². The molecule has 3 aliphatic rings. The summed E-state index contributed by atoms with van der Waals surface area (Å²) in [6.45, 7) is 9.67. The molecule has 16 N–H and O–H groups in total. The number of likely N-dealkylation sites (N-methyl/N-ethyl adjacent to an activating group) is 1. The van der Waals surface area contributed by atoms with Gasteiger partial charge in [0.2, 0.25) is 23.4 Å². The van der Waals surface area contributed by atoms with Crippen LogP contribution in [0, 0.1) is 0 Å². The summed E-state index contributed by atoms with van der Waals surface area (Å²) >= 11 is 0. The number of amides is 3. The maximum Gasteiger partial charge on any atom is 0.490 e. The number of anilines is 2. The molecule has 105 heavy (non-hydrogen) atoms. The maximum atomic E-state index is 13.7. The highest BCUT2D eigenvalue weighted by Crippen LogP contribution is 2.71. The Balaban J connectivity index is 0.951. The number of phosphoric acid groups is 3. The van der Waals surface area contributed by atoms with Crippen molar-refractivity contribution in [2.45, 2.75) is 143 Å². The second kappa shape index (κ2) is 35.3. The number of nitrogens with one attached hydrogen (secondary N) is 3. The first-order chi connectivity index (χ1) is 48.7. The Bertz CT molecular complexity index is 4560. The van der Waals surface area contributed by atoms with E-state index in [0.29, 0.717) is 72.9 Å². The van der Waals surface area contributed by atoms with Gasteiger partial charge in [-0.1, -0.05) is 71.9 Å². The zero-order valence-electron chi connectivity index (χ0n) is 57.6. The molecule has 4 heterocycles. The standard InChI is InChI=1S/C61H86N7O28P5S4/c1-7-66-47-26-24-41(104(86,87)88)34-43(47)59(2,3)52(66)21-10-8-11-22-53-60(4,5)44-35-42(105(89,90)91)25-27-48(44)67(53)32-15-9-12-23-55(71)65-46(58(72)64-30-14-13-29-61(73,97(74,75)76)98(77,78)92-6)39-103-102-33-28-54(70)63-31-17-18-40-37-68(49-20-16-19-45(62)57(40)49)56-36-50(69)51(94-56)38-93-100(82,83)96-101(84,85)95-99(79,80)81/h8,10-11,16-22,24-27,34-35,37,46,50-51,56,69,73H,7,9,12-15,23,28-33,36,38-39,62H2,1-6H3,(H11-,63,64,65,70,71,72,74,75,76,77,78,79,80,81,82,83,84,85,86,87,88,89,90,91)/p+1/b18-17-/t46?,50?,51-,56-,61?/m1/s1. The van der Waals surface area contributed by atoms with Gasteiger partial charge in [0.15, 0.2) is 5.71 Å². The number of benzene rings is 3. The Labute approximate surface area is 613 Å². The van der Waals surface area contributed by atoms with Crippen molar-refractivity contribution in [1.29, 1.82) is 0 Å². The molecule has 3 aliphatic heterocycles. The molecule has 44 heteroatoms. The maximum absolute atomic E-state index is 13.7. The number of rotatable bonds is 39. The number of ether oxygens (including phenoxy) is 1. The Kier molecular flexibility index (Phi) is 29.3. The number of nitrogens with zero attached hydrogens (tertiary/aromatic N) is 3. The van der Waals surface area contributed by atoms with Gasteiger partial charge < -0.3 is 84.9 Å². The highest BCUT2D eigenvalue weighted by Gasteiger charge is 2.60. The molecule has 0 saturated carbocycles. The highest BCUT2D eigenvalue weighted by atomic mass is 33.1. The van der Waals surface area contributed by atoms with Crippen molar-refractivity contribution >= 4 is 138 Å². The van der Waals surface area contributed by atoms with Crippen molar-refractivity contribution in [3.05, 3.63) is 120 Å². The Morgan fingerprint density at radius 1 is 0.810 bits per heavy atom. The lowest BCUT2D eigenvalue weighted by Gasteiger charge is -2.31. The number of hydrogen-bond donors (Lipinski definition) is 15. The monoisotopic (exact) mass is 1650 g/mol. The molecule has 7 rings (SSSR count). The van der Waals surface area contributed by atoms with Gasteiger partial charge >= 0.3 is 38.7 Å². The van der Waals surface area contributed by atoms with Gasteiger partial charge in [0.25, 0.3) is 25.3 Å². The van der Waals surface area contributed by atoms with Crippen LogP contribution < -0.4 is 26.6 Å². The Morgan fingerprint density at radius 3 is 2.13 bits per heavy atom. The average Bonchev–Trinajstić information content (AvgIpc) is 1.60. The molecular formula is C61H87N7O28P5S4+. The van der Waals surface area contributed by atoms with E-state index in [2.05, 4.69) is 38.5 Å². The molecule has 0 bridgehead atoms. The molecule has 1 fully saturated rings. The molecule has 35 nitrogen and oxygen atoms in total. The molecule has 4 aromatic rings. The van der Waals surface area contributed by atoms with E-state index in [1.807, 2.05) is 69.6 Å². The lowest BCUT2D eigenvalue weighted by Crippen LogP contribution is -2.48. The van der Waals surface area contributed by atoms with Crippen LogP contribution in [0.4, 0.5) is 17.1 Å². The first kappa shape index (κ1) is 87.2. The minimum absolute atomic E-state index is 0.00804. The summed E-state index contributed by atoms with van der Waals surface area (Å²) < 4.78 is 154. The third-order valence-corrected chi connectivity index (χ3v) is 29.6. The van der Waals surface area contributed by atoms with Gasteiger partial charge in [0.1, 0.15) is 24.9 Å². The van der Waals surface area contributed by atoms with E-state index in [9.17, 15) is 97.8 Å².